The topological polar surface area (TPSA) is 39.7 Å². The molecule has 3 rings (SSSR count). The van der Waals surface area contributed by atoms with Crippen LogP contribution in [0.4, 0.5) is 17.6 Å². The lowest BCUT2D eigenvalue weighted by Gasteiger charge is -2.21. The van der Waals surface area contributed by atoms with Gasteiger partial charge in [-0.05, 0) is 43.4 Å². The van der Waals surface area contributed by atoms with E-state index < -0.39 is 12.7 Å². The first kappa shape index (κ1) is 23.2. The number of alkyl halides is 3. The fourth-order valence-electron chi connectivity index (χ4n) is 3.77. The van der Waals surface area contributed by atoms with Crippen molar-refractivity contribution in [1.82, 2.24) is 15.5 Å². The van der Waals surface area contributed by atoms with Crippen LogP contribution in [0, 0.1) is 11.7 Å². The predicted octanol–water partition coefficient (Wildman–Crippen LogP) is 3.52. The van der Waals surface area contributed by atoms with Crippen LogP contribution in [-0.4, -0.2) is 56.8 Å². The number of guanidine groups is 1. The molecule has 1 aromatic rings. The summed E-state index contributed by atoms with van der Waals surface area (Å²) >= 11 is 0. The molecule has 0 spiro atoms. The summed E-state index contributed by atoms with van der Waals surface area (Å²) in [7, 11) is 1.66. The zero-order chi connectivity index (χ0) is 19.5. The molecule has 4 nitrogen and oxygen atoms in total. The van der Waals surface area contributed by atoms with Crippen molar-refractivity contribution < 1.29 is 17.6 Å². The number of rotatable bonds is 6. The molecule has 28 heavy (non-hydrogen) atoms. The van der Waals surface area contributed by atoms with Crippen molar-refractivity contribution in [1.29, 1.82) is 0 Å². The van der Waals surface area contributed by atoms with Crippen molar-refractivity contribution in [2.24, 2.45) is 10.9 Å². The van der Waals surface area contributed by atoms with E-state index in [2.05, 4.69) is 15.6 Å². The molecular weight excluding hydrogens is 487 g/mol. The summed E-state index contributed by atoms with van der Waals surface area (Å²) in [5.41, 5.74) is 0.534. The van der Waals surface area contributed by atoms with Gasteiger partial charge in [0.1, 0.15) is 5.82 Å². The Kier molecular flexibility index (Phi) is 7.95. The molecule has 2 fully saturated rings. The van der Waals surface area contributed by atoms with Gasteiger partial charge in [0.15, 0.2) is 5.96 Å². The third-order valence-electron chi connectivity index (χ3n) is 5.45. The first-order valence-electron chi connectivity index (χ1n) is 9.30. The van der Waals surface area contributed by atoms with Crippen LogP contribution >= 0.6 is 24.0 Å². The first-order valence-corrected chi connectivity index (χ1v) is 9.30. The van der Waals surface area contributed by atoms with Crippen LogP contribution in [0.25, 0.3) is 0 Å². The van der Waals surface area contributed by atoms with Crippen molar-refractivity contribution in [2.75, 3.05) is 39.8 Å². The monoisotopic (exact) mass is 514 g/mol. The fraction of sp³-hybridized carbons (Fsp3) is 0.632. The van der Waals surface area contributed by atoms with Gasteiger partial charge in [-0.3, -0.25) is 9.89 Å². The van der Waals surface area contributed by atoms with E-state index >= 15 is 0 Å². The Morgan fingerprint density at radius 3 is 2.57 bits per heavy atom. The maximum atomic E-state index is 14.1. The van der Waals surface area contributed by atoms with Gasteiger partial charge >= 0.3 is 6.18 Å². The van der Waals surface area contributed by atoms with Crippen molar-refractivity contribution in [3.63, 3.8) is 0 Å². The van der Waals surface area contributed by atoms with E-state index in [4.69, 9.17) is 0 Å². The van der Waals surface area contributed by atoms with E-state index in [9.17, 15) is 17.6 Å². The fourth-order valence-corrected chi connectivity index (χ4v) is 3.77. The predicted molar refractivity (Wildman–Crippen MR) is 113 cm³/mol. The minimum Gasteiger partial charge on any atom is -0.356 e. The maximum Gasteiger partial charge on any atom is 0.401 e. The van der Waals surface area contributed by atoms with Gasteiger partial charge in [-0.1, -0.05) is 18.2 Å². The van der Waals surface area contributed by atoms with Gasteiger partial charge in [0, 0.05) is 32.1 Å². The first-order chi connectivity index (χ1) is 12.8. The van der Waals surface area contributed by atoms with Gasteiger partial charge < -0.3 is 10.6 Å². The van der Waals surface area contributed by atoms with Crippen LogP contribution < -0.4 is 10.6 Å². The van der Waals surface area contributed by atoms with Crippen LogP contribution in [0.2, 0.25) is 0 Å². The number of hydrogen-bond donors (Lipinski definition) is 2. The summed E-state index contributed by atoms with van der Waals surface area (Å²) < 4.78 is 51.5. The molecule has 1 saturated heterocycles. The summed E-state index contributed by atoms with van der Waals surface area (Å²) in [6, 6.07) is 6.84. The lowest BCUT2D eigenvalue weighted by Crippen LogP contribution is -2.43. The second-order valence-corrected chi connectivity index (χ2v) is 7.57. The van der Waals surface area contributed by atoms with Gasteiger partial charge in [-0.15, -0.1) is 24.0 Å². The standard InChI is InChI=1S/C19H26F4N4.HI/c1-24-17(25-10-14-6-9-27(11-14)13-19(21,22)23)26-12-18(7-8-18)15-4-2-3-5-16(15)20;/h2-5,14H,6-13H2,1H3,(H2,24,25,26);1H. The summed E-state index contributed by atoms with van der Waals surface area (Å²) in [6.45, 7) is 1.21. The zero-order valence-corrected chi connectivity index (χ0v) is 18.2. The number of hydrogen-bond acceptors (Lipinski definition) is 2. The van der Waals surface area contributed by atoms with Crippen molar-refractivity contribution in [3.05, 3.63) is 35.6 Å². The highest BCUT2D eigenvalue weighted by atomic mass is 127. The molecule has 1 aliphatic heterocycles. The molecule has 1 unspecified atom stereocenters. The molecule has 2 N–H and O–H groups in total. The van der Waals surface area contributed by atoms with E-state index in [0.29, 0.717) is 32.1 Å². The van der Waals surface area contributed by atoms with Gasteiger partial charge in [0.05, 0.1) is 6.54 Å². The number of benzene rings is 1. The number of likely N-dealkylation sites (tertiary alicyclic amines) is 1. The molecule has 158 valence electrons. The number of halogens is 5. The third kappa shape index (κ3) is 6.20. The second kappa shape index (κ2) is 9.60. The van der Waals surface area contributed by atoms with E-state index in [1.54, 1.807) is 13.1 Å². The molecule has 9 heteroatoms. The molecule has 2 aliphatic rings. The molecular formula is C19H27F4IN4. The highest BCUT2D eigenvalue weighted by molar-refractivity contribution is 14.0. The average Bonchev–Trinajstić information content (AvgIpc) is 3.27. The molecule has 0 radical (unpaired) electrons. The number of nitrogens with one attached hydrogen (secondary N) is 2. The lowest BCUT2D eigenvalue weighted by molar-refractivity contribution is -0.143. The molecule has 0 bridgehead atoms. The van der Waals surface area contributed by atoms with Crippen molar-refractivity contribution >= 4 is 29.9 Å². The second-order valence-electron chi connectivity index (χ2n) is 7.57. The normalized spacial score (nSPS) is 21.9. The summed E-state index contributed by atoms with van der Waals surface area (Å²) in [6.07, 6.45) is -1.57. The Hall–Kier alpha value is -1.10. The third-order valence-corrected chi connectivity index (χ3v) is 5.45. The van der Waals surface area contributed by atoms with E-state index in [1.165, 1.54) is 11.0 Å². The van der Waals surface area contributed by atoms with Gasteiger partial charge in [-0.25, -0.2) is 4.39 Å². The molecule has 1 heterocycles. The number of nitrogens with zero attached hydrogens (tertiary/aromatic N) is 2. The van der Waals surface area contributed by atoms with Crippen LogP contribution in [0.3, 0.4) is 0 Å². The van der Waals surface area contributed by atoms with Gasteiger partial charge in [-0.2, -0.15) is 13.2 Å². The van der Waals surface area contributed by atoms with Crippen molar-refractivity contribution in [2.45, 2.75) is 30.9 Å². The van der Waals surface area contributed by atoms with Crippen LogP contribution in [0.5, 0.6) is 0 Å². The van der Waals surface area contributed by atoms with Crippen LogP contribution in [-0.2, 0) is 5.41 Å². The Morgan fingerprint density at radius 1 is 1.25 bits per heavy atom. The maximum absolute atomic E-state index is 14.1. The highest BCUT2D eigenvalue weighted by Gasteiger charge is 2.45. The zero-order valence-electron chi connectivity index (χ0n) is 15.9. The Labute approximate surface area is 180 Å². The SMILES string of the molecule is CN=C(NCC1CCN(CC(F)(F)F)C1)NCC1(c2ccccc2F)CC1.I. The Bertz CT molecular complexity index is 676. The quantitative estimate of drug-likeness (QED) is 0.264. The molecule has 0 amide bonds. The van der Waals surface area contributed by atoms with Gasteiger partial charge in [0.25, 0.3) is 0 Å². The Morgan fingerprint density at radius 2 is 1.96 bits per heavy atom. The minimum atomic E-state index is -4.15. The molecule has 1 atom stereocenters. The van der Waals surface area contributed by atoms with Crippen molar-refractivity contribution in [3.8, 4) is 0 Å². The molecule has 0 aromatic heterocycles. The average molecular weight is 514 g/mol. The largest absolute Gasteiger partial charge is 0.401 e. The molecule has 1 aliphatic carbocycles. The lowest BCUT2D eigenvalue weighted by atomic mass is 9.95. The summed E-state index contributed by atoms with van der Waals surface area (Å²) in [4.78, 5) is 5.63. The van der Waals surface area contributed by atoms with Gasteiger partial charge in [0.2, 0.25) is 0 Å². The molecule has 1 aromatic carbocycles. The van der Waals surface area contributed by atoms with E-state index in [0.717, 1.165) is 24.8 Å². The molecule has 1 saturated carbocycles. The van der Waals surface area contributed by atoms with Crippen LogP contribution in [0.1, 0.15) is 24.8 Å². The van der Waals surface area contributed by atoms with E-state index in [-0.39, 0.29) is 41.1 Å². The summed E-state index contributed by atoms with van der Waals surface area (Å²) in [5, 5.41) is 6.45. The highest BCUT2D eigenvalue weighted by Crippen LogP contribution is 2.48. The van der Waals surface area contributed by atoms with Crippen LogP contribution in [0.15, 0.2) is 29.3 Å². The van der Waals surface area contributed by atoms with E-state index in [1.807, 2.05) is 12.1 Å². The number of aliphatic imine (C=N–C) groups is 1. The minimum absolute atomic E-state index is 0. The smallest absolute Gasteiger partial charge is 0.356 e. The Balaban J connectivity index is 0.00000280. The summed E-state index contributed by atoms with van der Waals surface area (Å²) in [5.74, 6) is 0.578.